The Morgan fingerprint density at radius 2 is 1.06 bits per heavy atom. The summed E-state index contributed by atoms with van der Waals surface area (Å²) >= 11 is 0. The van der Waals surface area contributed by atoms with Gasteiger partial charge in [0.05, 0.1) is 26.4 Å². The van der Waals surface area contributed by atoms with Crippen LogP contribution < -0.4 is 0 Å². The molecule has 1 saturated carbocycles. The number of aliphatic hydroxyl groups excluding tert-OH is 4. The van der Waals surface area contributed by atoms with Crippen LogP contribution in [0.1, 0.15) is 25.7 Å². The maximum atomic E-state index is 8.79. The lowest BCUT2D eigenvalue weighted by Gasteiger charge is -2.25. The molecule has 0 spiro atoms. The minimum absolute atomic E-state index is 0.0278. The lowest BCUT2D eigenvalue weighted by atomic mass is 9.83. The second-order valence-electron chi connectivity index (χ2n) is 4.31. The van der Waals surface area contributed by atoms with Crippen molar-refractivity contribution in [3.05, 3.63) is 0 Å². The first-order chi connectivity index (χ1) is 8.28. The van der Waals surface area contributed by atoms with Crippen molar-refractivity contribution in [1.29, 1.82) is 0 Å². The van der Waals surface area contributed by atoms with Crippen LogP contribution in [0, 0.1) is 11.8 Å². The summed E-state index contributed by atoms with van der Waals surface area (Å²) in [5.74, 6) is 1.03. The molecule has 5 nitrogen and oxygen atoms in total. The monoisotopic (exact) mass is 250 g/mol. The Morgan fingerprint density at radius 1 is 0.706 bits per heavy atom. The third-order valence-corrected chi connectivity index (χ3v) is 2.95. The number of hydrogen-bond acceptors (Lipinski definition) is 5. The topological polar surface area (TPSA) is 90.2 Å². The maximum Gasteiger partial charge on any atom is 0.0698 e. The molecule has 104 valence electrons. The highest BCUT2D eigenvalue weighted by Gasteiger charge is 2.19. The molecule has 0 aromatic carbocycles. The smallest absolute Gasteiger partial charge is 0.0698 e. The molecule has 1 aliphatic carbocycles. The van der Waals surface area contributed by atoms with E-state index in [0.29, 0.717) is 38.3 Å². The minimum atomic E-state index is 0.0278. The first kappa shape index (κ1) is 16.8. The molecule has 0 heterocycles. The van der Waals surface area contributed by atoms with Crippen LogP contribution in [0.2, 0.25) is 0 Å². The standard InChI is InChI=1S/C8H16O2.C4H10O3/c9-5-7-1-2-8(6-10)4-3-7;5-1-3-7-4-2-6/h7-10H,1-6H2;5-6H,1-4H2. The van der Waals surface area contributed by atoms with Gasteiger partial charge in [0.15, 0.2) is 0 Å². The second-order valence-corrected chi connectivity index (χ2v) is 4.31. The molecule has 1 rings (SSSR count). The molecule has 0 aromatic heterocycles. The molecule has 5 heteroatoms. The number of aliphatic hydroxyl groups is 4. The van der Waals surface area contributed by atoms with E-state index in [2.05, 4.69) is 4.74 Å². The molecule has 0 unspecified atom stereocenters. The first-order valence-electron chi connectivity index (χ1n) is 6.29. The number of hydrogen-bond donors (Lipinski definition) is 4. The summed E-state index contributed by atoms with van der Waals surface area (Å²) in [4.78, 5) is 0. The molecule has 0 bridgehead atoms. The molecular weight excluding hydrogens is 224 g/mol. The van der Waals surface area contributed by atoms with Crippen molar-refractivity contribution in [2.45, 2.75) is 25.7 Å². The summed E-state index contributed by atoms with van der Waals surface area (Å²) in [7, 11) is 0. The van der Waals surface area contributed by atoms with Gasteiger partial charge in [0.1, 0.15) is 0 Å². The van der Waals surface area contributed by atoms with Crippen LogP contribution in [0.25, 0.3) is 0 Å². The Balaban J connectivity index is 0.000000325. The van der Waals surface area contributed by atoms with E-state index in [4.69, 9.17) is 20.4 Å². The van der Waals surface area contributed by atoms with Crippen LogP contribution >= 0.6 is 0 Å². The molecule has 0 amide bonds. The zero-order valence-corrected chi connectivity index (χ0v) is 10.4. The third-order valence-electron chi connectivity index (χ3n) is 2.95. The molecule has 17 heavy (non-hydrogen) atoms. The number of ether oxygens (including phenoxy) is 1. The Morgan fingerprint density at radius 3 is 1.29 bits per heavy atom. The Bertz CT molecular complexity index is 130. The largest absolute Gasteiger partial charge is 0.396 e. The summed E-state index contributed by atoms with van der Waals surface area (Å²) < 4.78 is 4.63. The van der Waals surface area contributed by atoms with E-state index in [1.165, 1.54) is 0 Å². The van der Waals surface area contributed by atoms with Crippen LogP contribution in [0.5, 0.6) is 0 Å². The molecule has 0 atom stereocenters. The fourth-order valence-electron chi connectivity index (χ4n) is 1.83. The van der Waals surface area contributed by atoms with Gasteiger partial charge in [-0.1, -0.05) is 0 Å². The van der Waals surface area contributed by atoms with Gasteiger partial charge < -0.3 is 25.2 Å². The zero-order chi connectivity index (χ0) is 12.9. The summed E-state index contributed by atoms with van der Waals surface area (Å²) in [6.45, 7) is 1.36. The molecule has 1 fully saturated rings. The van der Waals surface area contributed by atoms with E-state index in [1.807, 2.05) is 0 Å². The third kappa shape index (κ3) is 9.50. The van der Waals surface area contributed by atoms with Crippen LogP contribution in [-0.2, 0) is 4.74 Å². The molecule has 1 aliphatic rings. The molecule has 0 saturated heterocycles. The van der Waals surface area contributed by atoms with Gasteiger partial charge in [-0.3, -0.25) is 0 Å². The van der Waals surface area contributed by atoms with Crippen molar-refractivity contribution in [1.82, 2.24) is 0 Å². The summed E-state index contributed by atoms with van der Waals surface area (Å²) in [5, 5.41) is 33.7. The van der Waals surface area contributed by atoms with E-state index in [-0.39, 0.29) is 13.2 Å². The predicted molar refractivity (Wildman–Crippen MR) is 64.6 cm³/mol. The fourth-order valence-corrected chi connectivity index (χ4v) is 1.83. The van der Waals surface area contributed by atoms with Crippen molar-refractivity contribution in [3.63, 3.8) is 0 Å². The highest BCUT2D eigenvalue weighted by Crippen LogP contribution is 2.27. The van der Waals surface area contributed by atoms with Gasteiger partial charge in [0.2, 0.25) is 0 Å². The van der Waals surface area contributed by atoms with E-state index in [1.54, 1.807) is 0 Å². The zero-order valence-electron chi connectivity index (χ0n) is 10.4. The maximum absolute atomic E-state index is 8.79. The van der Waals surface area contributed by atoms with Gasteiger partial charge in [0.25, 0.3) is 0 Å². The van der Waals surface area contributed by atoms with Gasteiger partial charge in [-0.05, 0) is 37.5 Å². The van der Waals surface area contributed by atoms with Gasteiger partial charge >= 0.3 is 0 Å². The summed E-state index contributed by atoms with van der Waals surface area (Å²) in [6.07, 6.45) is 4.40. The Kier molecular flexibility index (Phi) is 12.1. The van der Waals surface area contributed by atoms with Gasteiger partial charge in [0, 0.05) is 13.2 Å². The van der Waals surface area contributed by atoms with Crippen molar-refractivity contribution < 1.29 is 25.2 Å². The highest BCUT2D eigenvalue weighted by atomic mass is 16.5. The molecule has 0 radical (unpaired) electrons. The van der Waals surface area contributed by atoms with E-state index < -0.39 is 0 Å². The van der Waals surface area contributed by atoms with Crippen LogP contribution in [0.4, 0.5) is 0 Å². The Hall–Kier alpha value is -0.200. The summed E-state index contributed by atoms with van der Waals surface area (Å²) in [5.41, 5.74) is 0. The van der Waals surface area contributed by atoms with Crippen molar-refractivity contribution in [2.24, 2.45) is 11.8 Å². The summed E-state index contributed by atoms with van der Waals surface area (Å²) in [6, 6.07) is 0. The number of rotatable bonds is 6. The lowest BCUT2D eigenvalue weighted by molar-refractivity contribution is 0.0650. The van der Waals surface area contributed by atoms with Crippen LogP contribution in [-0.4, -0.2) is 60.1 Å². The fraction of sp³-hybridized carbons (Fsp3) is 1.00. The van der Waals surface area contributed by atoms with Crippen LogP contribution in [0.3, 0.4) is 0 Å². The average molecular weight is 250 g/mol. The quantitative estimate of drug-likeness (QED) is 0.489. The predicted octanol–water partition coefficient (Wildman–Crippen LogP) is -0.235. The van der Waals surface area contributed by atoms with Gasteiger partial charge in [-0.25, -0.2) is 0 Å². The lowest BCUT2D eigenvalue weighted by Crippen LogP contribution is -2.19. The van der Waals surface area contributed by atoms with Crippen molar-refractivity contribution in [3.8, 4) is 0 Å². The van der Waals surface area contributed by atoms with E-state index in [0.717, 1.165) is 25.7 Å². The van der Waals surface area contributed by atoms with Gasteiger partial charge in [-0.2, -0.15) is 0 Å². The van der Waals surface area contributed by atoms with Gasteiger partial charge in [-0.15, -0.1) is 0 Å². The van der Waals surface area contributed by atoms with Crippen molar-refractivity contribution >= 4 is 0 Å². The average Bonchev–Trinajstić information content (AvgIpc) is 2.40. The van der Waals surface area contributed by atoms with Crippen LogP contribution in [0.15, 0.2) is 0 Å². The van der Waals surface area contributed by atoms with E-state index >= 15 is 0 Å². The highest BCUT2D eigenvalue weighted by molar-refractivity contribution is 4.70. The SMILES string of the molecule is OCC1CCC(CO)CC1.OCCOCCO. The second kappa shape index (κ2) is 12.3. The molecular formula is C12H26O5. The normalized spacial score (nSPS) is 24.0. The van der Waals surface area contributed by atoms with Crippen molar-refractivity contribution in [2.75, 3.05) is 39.6 Å². The minimum Gasteiger partial charge on any atom is -0.396 e. The molecule has 0 aromatic rings. The first-order valence-corrected chi connectivity index (χ1v) is 6.29. The molecule has 4 N–H and O–H groups in total. The molecule has 0 aliphatic heterocycles. The Labute approximate surface area is 103 Å². The van der Waals surface area contributed by atoms with E-state index in [9.17, 15) is 0 Å².